The summed E-state index contributed by atoms with van der Waals surface area (Å²) in [6.45, 7) is 2.62. The fourth-order valence-corrected chi connectivity index (χ4v) is 2.63. The van der Waals surface area contributed by atoms with E-state index < -0.39 is 5.63 Å². The van der Waals surface area contributed by atoms with E-state index in [0.717, 1.165) is 10.9 Å². The molecule has 0 aliphatic carbocycles. The minimum atomic E-state index is -0.437. The maximum absolute atomic E-state index is 12.1. The molecule has 1 aromatic heterocycles. The molecular weight excluding hydrogens is 362 g/mol. The minimum Gasteiger partial charge on any atom is -0.493 e. The minimum absolute atomic E-state index is 0.156. The third kappa shape index (κ3) is 4.82. The van der Waals surface area contributed by atoms with E-state index in [1.165, 1.54) is 6.07 Å². The summed E-state index contributed by atoms with van der Waals surface area (Å²) in [7, 11) is 1.57. The van der Waals surface area contributed by atoms with Crippen molar-refractivity contribution >= 4 is 16.9 Å². The number of hydrogen-bond donors (Lipinski definition) is 1. The maximum atomic E-state index is 12.1. The zero-order valence-corrected chi connectivity index (χ0v) is 15.7. The molecule has 0 aliphatic rings. The van der Waals surface area contributed by atoms with Crippen molar-refractivity contribution in [1.82, 2.24) is 5.32 Å². The number of carbonyl (C=O) groups excluding carboxylic acids is 1. The molecule has 1 heterocycles. The van der Waals surface area contributed by atoms with E-state index in [4.69, 9.17) is 18.6 Å². The van der Waals surface area contributed by atoms with Crippen molar-refractivity contribution in [3.8, 4) is 17.2 Å². The van der Waals surface area contributed by atoms with Crippen LogP contribution in [0.2, 0.25) is 0 Å². The lowest BCUT2D eigenvalue weighted by molar-refractivity contribution is -0.123. The second kappa shape index (κ2) is 8.94. The highest BCUT2D eigenvalue weighted by atomic mass is 16.5. The van der Waals surface area contributed by atoms with Gasteiger partial charge in [0.25, 0.3) is 5.91 Å². The second-order valence-corrected chi connectivity index (χ2v) is 5.94. The summed E-state index contributed by atoms with van der Waals surface area (Å²) in [5, 5.41) is 3.56. The first-order valence-corrected chi connectivity index (χ1v) is 8.82. The van der Waals surface area contributed by atoms with Crippen molar-refractivity contribution in [2.24, 2.45) is 0 Å². The number of ether oxygens (including phenoxy) is 3. The molecule has 1 N–H and O–H groups in total. The third-order valence-electron chi connectivity index (χ3n) is 3.98. The molecule has 0 aliphatic heterocycles. The smallest absolute Gasteiger partial charge is 0.336 e. The van der Waals surface area contributed by atoms with Crippen LogP contribution in [0.4, 0.5) is 0 Å². The summed E-state index contributed by atoms with van der Waals surface area (Å²) in [4.78, 5) is 23.4. The van der Waals surface area contributed by atoms with Gasteiger partial charge < -0.3 is 23.9 Å². The quantitative estimate of drug-likeness (QED) is 0.602. The average Bonchev–Trinajstić information content (AvgIpc) is 2.71. The molecule has 0 spiro atoms. The Morgan fingerprint density at radius 3 is 2.64 bits per heavy atom. The molecule has 0 bridgehead atoms. The number of methoxy groups -OCH3 is 1. The fraction of sp³-hybridized carbons (Fsp3) is 0.238. The van der Waals surface area contributed by atoms with Crippen LogP contribution in [0.5, 0.6) is 17.2 Å². The van der Waals surface area contributed by atoms with E-state index in [1.54, 1.807) is 31.4 Å². The first-order chi connectivity index (χ1) is 13.6. The summed E-state index contributed by atoms with van der Waals surface area (Å²) in [5.74, 6) is 1.44. The van der Waals surface area contributed by atoms with Gasteiger partial charge >= 0.3 is 5.63 Å². The van der Waals surface area contributed by atoms with Crippen LogP contribution in [-0.4, -0.2) is 26.2 Å². The SMILES string of the molecule is CCOc1ccc(CNC(=O)COc2ccc3ccc(=O)oc3c2)cc1OC. The van der Waals surface area contributed by atoms with Crippen LogP contribution in [0.3, 0.4) is 0 Å². The molecular formula is C21H21NO6. The summed E-state index contributed by atoms with van der Waals surface area (Å²) in [6, 6.07) is 13.6. The molecule has 3 aromatic rings. The van der Waals surface area contributed by atoms with Gasteiger partial charge in [0.1, 0.15) is 11.3 Å². The van der Waals surface area contributed by atoms with Gasteiger partial charge in [-0.2, -0.15) is 0 Å². The van der Waals surface area contributed by atoms with Crippen molar-refractivity contribution in [2.45, 2.75) is 13.5 Å². The van der Waals surface area contributed by atoms with Gasteiger partial charge in [-0.05, 0) is 42.8 Å². The van der Waals surface area contributed by atoms with Crippen LogP contribution < -0.4 is 25.2 Å². The highest BCUT2D eigenvalue weighted by molar-refractivity contribution is 5.79. The van der Waals surface area contributed by atoms with E-state index in [1.807, 2.05) is 25.1 Å². The number of carbonyl (C=O) groups is 1. The lowest BCUT2D eigenvalue weighted by Crippen LogP contribution is -2.28. The third-order valence-corrected chi connectivity index (χ3v) is 3.98. The van der Waals surface area contributed by atoms with Crippen molar-refractivity contribution < 1.29 is 23.4 Å². The molecule has 3 rings (SSSR count). The predicted octanol–water partition coefficient (Wildman–Crippen LogP) is 2.90. The first-order valence-electron chi connectivity index (χ1n) is 8.82. The molecule has 1 amide bonds. The number of amides is 1. The second-order valence-electron chi connectivity index (χ2n) is 5.94. The maximum Gasteiger partial charge on any atom is 0.336 e. The first kappa shape index (κ1) is 19.3. The molecule has 7 nitrogen and oxygen atoms in total. The summed E-state index contributed by atoms with van der Waals surface area (Å²) < 4.78 is 21.4. The lowest BCUT2D eigenvalue weighted by atomic mass is 10.2. The Bertz CT molecular complexity index is 1030. The monoisotopic (exact) mass is 383 g/mol. The highest BCUT2D eigenvalue weighted by Gasteiger charge is 2.08. The standard InChI is InChI=1S/C21H21NO6/c1-3-26-17-8-4-14(10-19(17)25-2)12-22-20(23)13-27-16-7-5-15-6-9-21(24)28-18(15)11-16/h4-11H,3,12-13H2,1-2H3,(H,22,23). The Labute approximate surface area is 161 Å². The summed E-state index contributed by atoms with van der Waals surface area (Å²) >= 11 is 0. The van der Waals surface area contributed by atoms with Gasteiger partial charge in [0.15, 0.2) is 18.1 Å². The zero-order valence-electron chi connectivity index (χ0n) is 15.7. The lowest BCUT2D eigenvalue weighted by Gasteiger charge is -2.12. The molecule has 7 heteroatoms. The molecule has 28 heavy (non-hydrogen) atoms. The number of rotatable bonds is 8. The number of hydrogen-bond acceptors (Lipinski definition) is 6. The van der Waals surface area contributed by atoms with Crippen LogP contribution in [-0.2, 0) is 11.3 Å². The van der Waals surface area contributed by atoms with Gasteiger partial charge in [0, 0.05) is 24.1 Å². The fourth-order valence-electron chi connectivity index (χ4n) is 2.63. The number of fused-ring (bicyclic) bond motifs is 1. The number of benzene rings is 2. The van der Waals surface area contributed by atoms with Gasteiger partial charge in [-0.15, -0.1) is 0 Å². The largest absolute Gasteiger partial charge is 0.493 e. The van der Waals surface area contributed by atoms with Crippen molar-refractivity contribution in [3.05, 3.63) is 64.5 Å². The van der Waals surface area contributed by atoms with Crippen LogP contribution in [0, 0.1) is 0 Å². The van der Waals surface area contributed by atoms with Crippen LogP contribution in [0.25, 0.3) is 11.0 Å². The van der Waals surface area contributed by atoms with E-state index in [0.29, 0.717) is 36.0 Å². The highest BCUT2D eigenvalue weighted by Crippen LogP contribution is 2.28. The molecule has 0 fully saturated rings. The van der Waals surface area contributed by atoms with E-state index >= 15 is 0 Å². The molecule has 0 atom stereocenters. The Balaban J connectivity index is 1.55. The van der Waals surface area contributed by atoms with E-state index in [-0.39, 0.29) is 12.5 Å². The topological polar surface area (TPSA) is 87.0 Å². The molecule has 146 valence electrons. The van der Waals surface area contributed by atoms with Crippen LogP contribution in [0.15, 0.2) is 57.7 Å². The number of nitrogens with one attached hydrogen (secondary N) is 1. The van der Waals surface area contributed by atoms with Crippen LogP contribution in [0.1, 0.15) is 12.5 Å². The normalized spacial score (nSPS) is 10.5. The van der Waals surface area contributed by atoms with Gasteiger partial charge in [-0.25, -0.2) is 4.79 Å². The molecule has 0 unspecified atom stereocenters. The van der Waals surface area contributed by atoms with E-state index in [2.05, 4.69) is 5.32 Å². The van der Waals surface area contributed by atoms with Gasteiger partial charge in [-0.3, -0.25) is 4.79 Å². The average molecular weight is 383 g/mol. The van der Waals surface area contributed by atoms with Gasteiger partial charge in [0.05, 0.1) is 13.7 Å². The van der Waals surface area contributed by atoms with Crippen molar-refractivity contribution in [2.75, 3.05) is 20.3 Å². The zero-order chi connectivity index (χ0) is 19.9. The van der Waals surface area contributed by atoms with Crippen molar-refractivity contribution in [3.63, 3.8) is 0 Å². The summed E-state index contributed by atoms with van der Waals surface area (Å²) in [5.41, 5.74) is 0.848. The molecule has 0 saturated heterocycles. The Morgan fingerprint density at radius 1 is 1.04 bits per heavy atom. The van der Waals surface area contributed by atoms with Gasteiger partial charge in [0.2, 0.25) is 0 Å². The van der Waals surface area contributed by atoms with Crippen molar-refractivity contribution in [1.29, 1.82) is 0 Å². The predicted molar refractivity (Wildman–Crippen MR) is 104 cm³/mol. The molecule has 0 radical (unpaired) electrons. The molecule has 0 saturated carbocycles. The Morgan fingerprint density at radius 2 is 1.86 bits per heavy atom. The summed E-state index contributed by atoms with van der Waals surface area (Å²) in [6.07, 6.45) is 0. The Hall–Kier alpha value is -3.48. The van der Waals surface area contributed by atoms with Crippen LogP contribution >= 0.6 is 0 Å². The Kier molecular flexibility index (Phi) is 6.16. The molecule has 2 aromatic carbocycles. The van der Waals surface area contributed by atoms with E-state index in [9.17, 15) is 9.59 Å². The van der Waals surface area contributed by atoms with Gasteiger partial charge in [-0.1, -0.05) is 6.07 Å².